The van der Waals surface area contributed by atoms with Crippen molar-refractivity contribution in [2.75, 3.05) is 13.1 Å². The predicted molar refractivity (Wildman–Crippen MR) is 85.3 cm³/mol. The average molecular weight is 391 g/mol. The molecule has 1 atom stereocenters. The van der Waals surface area contributed by atoms with Crippen molar-refractivity contribution >= 4 is 31.9 Å². The van der Waals surface area contributed by atoms with Crippen molar-refractivity contribution in [2.24, 2.45) is 0 Å². The van der Waals surface area contributed by atoms with E-state index in [1.807, 2.05) is 0 Å². The Labute approximate surface area is 138 Å². The lowest BCUT2D eigenvalue weighted by Gasteiger charge is -2.24. The van der Waals surface area contributed by atoms with E-state index in [1.54, 1.807) is 32.9 Å². The number of halogens is 1. The van der Waals surface area contributed by atoms with E-state index in [0.717, 1.165) is 0 Å². The molecule has 1 aromatic heterocycles. The average Bonchev–Trinajstić information content (AvgIpc) is 2.87. The van der Waals surface area contributed by atoms with Gasteiger partial charge >= 0.3 is 6.09 Å². The maximum absolute atomic E-state index is 12.6. The summed E-state index contributed by atoms with van der Waals surface area (Å²) in [5.74, 6) is 0. The number of aromatic nitrogens is 1. The number of likely N-dealkylation sites (tertiary alicyclic amines) is 1. The molecular formula is C14H19BrN2O4S. The lowest BCUT2D eigenvalue weighted by Crippen LogP contribution is -2.36. The normalized spacial score (nSPS) is 19.3. The standard InChI is InChI=1S/C14H19BrN2O4S/c1-14(2,3)21-13(18)17-8-7-10(9-17)22(19,20)12-6-4-5-11(15)16-12/h4-6,10H,7-9H2,1-3H3/t10-/m1/s1. The van der Waals surface area contributed by atoms with E-state index in [-0.39, 0.29) is 11.6 Å². The summed E-state index contributed by atoms with van der Waals surface area (Å²) in [5, 5.41) is -0.625. The van der Waals surface area contributed by atoms with E-state index in [2.05, 4.69) is 20.9 Å². The number of hydrogen-bond donors (Lipinski definition) is 0. The predicted octanol–water partition coefficient (Wildman–Crippen LogP) is 2.63. The second kappa shape index (κ2) is 6.16. The van der Waals surface area contributed by atoms with Crippen LogP contribution in [-0.2, 0) is 14.6 Å². The first-order valence-corrected chi connectivity index (χ1v) is 9.28. The summed E-state index contributed by atoms with van der Waals surface area (Å²) in [6.45, 7) is 5.83. The third-order valence-electron chi connectivity index (χ3n) is 3.22. The summed E-state index contributed by atoms with van der Waals surface area (Å²) in [6, 6.07) is 4.77. The Kier molecular flexibility index (Phi) is 4.81. The minimum absolute atomic E-state index is 0.0258. The van der Waals surface area contributed by atoms with Crippen LogP contribution < -0.4 is 0 Å². The van der Waals surface area contributed by atoms with Crippen molar-refractivity contribution in [3.05, 3.63) is 22.8 Å². The monoisotopic (exact) mass is 390 g/mol. The smallest absolute Gasteiger partial charge is 0.410 e. The zero-order valence-electron chi connectivity index (χ0n) is 12.7. The van der Waals surface area contributed by atoms with Gasteiger partial charge in [0.1, 0.15) is 10.2 Å². The molecule has 1 fully saturated rings. The van der Waals surface area contributed by atoms with Gasteiger partial charge in [0.05, 0.1) is 5.25 Å². The van der Waals surface area contributed by atoms with Crippen molar-refractivity contribution in [1.82, 2.24) is 9.88 Å². The first kappa shape index (κ1) is 17.2. The number of carbonyl (C=O) groups excluding carboxylic acids is 1. The van der Waals surface area contributed by atoms with Gasteiger partial charge in [0.25, 0.3) is 0 Å². The molecule has 0 aliphatic carbocycles. The van der Waals surface area contributed by atoms with E-state index in [4.69, 9.17) is 4.74 Å². The highest BCUT2D eigenvalue weighted by molar-refractivity contribution is 9.10. The molecule has 122 valence electrons. The molecule has 8 heteroatoms. The quantitative estimate of drug-likeness (QED) is 0.725. The Morgan fingerprint density at radius 1 is 1.41 bits per heavy atom. The van der Waals surface area contributed by atoms with Crippen molar-refractivity contribution in [3.8, 4) is 0 Å². The van der Waals surface area contributed by atoms with Gasteiger partial charge in [-0.1, -0.05) is 6.07 Å². The summed E-state index contributed by atoms with van der Waals surface area (Å²) in [7, 11) is -3.56. The molecule has 1 aliphatic heterocycles. The van der Waals surface area contributed by atoms with Gasteiger partial charge in [-0.2, -0.15) is 0 Å². The van der Waals surface area contributed by atoms with E-state index < -0.39 is 26.8 Å². The van der Waals surface area contributed by atoms with Crippen LogP contribution in [0.25, 0.3) is 0 Å². The number of rotatable bonds is 2. The van der Waals surface area contributed by atoms with Gasteiger partial charge in [-0.15, -0.1) is 0 Å². The minimum Gasteiger partial charge on any atom is -0.444 e. The molecule has 0 N–H and O–H groups in total. The minimum atomic E-state index is -3.56. The number of nitrogens with zero attached hydrogens (tertiary/aromatic N) is 2. The van der Waals surface area contributed by atoms with Gasteiger partial charge in [0.15, 0.2) is 14.9 Å². The lowest BCUT2D eigenvalue weighted by atomic mass is 10.2. The third-order valence-corrected chi connectivity index (χ3v) is 5.73. The topological polar surface area (TPSA) is 76.6 Å². The van der Waals surface area contributed by atoms with Crippen molar-refractivity contribution in [3.63, 3.8) is 0 Å². The molecule has 0 radical (unpaired) electrons. The maximum atomic E-state index is 12.6. The molecular weight excluding hydrogens is 372 g/mol. The van der Waals surface area contributed by atoms with E-state index in [1.165, 1.54) is 11.0 Å². The fourth-order valence-corrected chi connectivity index (χ4v) is 4.28. The van der Waals surface area contributed by atoms with Gasteiger partial charge in [-0.25, -0.2) is 18.2 Å². The van der Waals surface area contributed by atoms with Crippen LogP contribution in [0.3, 0.4) is 0 Å². The van der Waals surface area contributed by atoms with E-state index in [0.29, 0.717) is 17.6 Å². The Bertz CT molecular complexity index is 670. The molecule has 0 aromatic carbocycles. The molecule has 1 aromatic rings. The number of hydrogen-bond acceptors (Lipinski definition) is 5. The molecule has 6 nitrogen and oxygen atoms in total. The molecule has 0 saturated carbocycles. The molecule has 22 heavy (non-hydrogen) atoms. The first-order chi connectivity index (χ1) is 10.1. The highest BCUT2D eigenvalue weighted by Crippen LogP contribution is 2.25. The highest BCUT2D eigenvalue weighted by atomic mass is 79.9. The zero-order valence-corrected chi connectivity index (χ0v) is 15.1. The molecule has 2 rings (SSSR count). The van der Waals surface area contributed by atoms with E-state index in [9.17, 15) is 13.2 Å². The second-order valence-electron chi connectivity index (χ2n) is 6.18. The van der Waals surface area contributed by atoms with Crippen LogP contribution in [-0.4, -0.2) is 48.3 Å². The number of ether oxygens (including phenoxy) is 1. The number of amides is 1. The second-order valence-corrected chi connectivity index (χ2v) is 9.17. The van der Waals surface area contributed by atoms with Gasteiger partial charge < -0.3 is 9.64 Å². The highest BCUT2D eigenvalue weighted by Gasteiger charge is 2.38. The Hall–Kier alpha value is -1.15. The Morgan fingerprint density at radius 3 is 2.68 bits per heavy atom. The largest absolute Gasteiger partial charge is 0.444 e. The Morgan fingerprint density at radius 2 is 2.09 bits per heavy atom. The van der Waals surface area contributed by atoms with Crippen LogP contribution in [0.5, 0.6) is 0 Å². The maximum Gasteiger partial charge on any atom is 0.410 e. The van der Waals surface area contributed by atoms with Crippen LogP contribution in [0.1, 0.15) is 27.2 Å². The SMILES string of the molecule is CC(C)(C)OC(=O)N1CC[C@@H](S(=O)(=O)c2cccc(Br)n2)C1. The molecule has 0 unspecified atom stereocenters. The molecule has 1 saturated heterocycles. The van der Waals surface area contributed by atoms with Gasteiger partial charge in [0.2, 0.25) is 0 Å². The van der Waals surface area contributed by atoms with Crippen molar-refractivity contribution < 1.29 is 17.9 Å². The number of carbonyl (C=O) groups is 1. The van der Waals surface area contributed by atoms with Crippen LogP contribution in [0.4, 0.5) is 4.79 Å². The van der Waals surface area contributed by atoms with Crippen LogP contribution in [0, 0.1) is 0 Å². The first-order valence-electron chi connectivity index (χ1n) is 6.94. The Balaban J connectivity index is 2.11. The summed E-state index contributed by atoms with van der Waals surface area (Å²) < 4.78 is 30.9. The number of pyridine rings is 1. The summed E-state index contributed by atoms with van der Waals surface area (Å²) >= 11 is 3.17. The summed E-state index contributed by atoms with van der Waals surface area (Å²) in [5.41, 5.74) is -0.597. The third kappa shape index (κ3) is 3.98. The zero-order chi connectivity index (χ0) is 16.5. The number of sulfone groups is 1. The molecule has 1 amide bonds. The fourth-order valence-electron chi connectivity index (χ4n) is 2.19. The molecule has 2 heterocycles. The molecule has 1 aliphatic rings. The van der Waals surface area contributed by atoms with Crippen molar-refractivity contribution in [1.29, 1.82) is 0 Å². The van der Waals surface area contributed by atoms with Crippen LogP contribution in [0.2, 0.25) is 0 Å². The lowest BCUT2D eigenvalue weighted by molar-refractivity contribution is 0.0295. The van der Waals surface area contributed by atoms with Gasteiger partial charge in [-0.3, -0.25) is 0 Å². The van der Waals surface area contributed by atoms with Crippen LogP contribution in [0.15, 0.2) is 27.8 Å². The molecule has 0 spiro atoms. The molecule has 0 bridgehead atoms. The summed E-state index contributed by atoms with van der Waals surface area (Å²) in [6.07, 6.45) is -0.0946. The fraction of sp³-hybridized carbons (Fsp3) is 0.571. The summed E-state index contributed by atoms with van der Waals surface area (Å²) in [4.78, 5) is 17.5. The van der Waals surface area contributed by atoms with E-state index >= 15 is 0 Å². The van der Waals surface area contributed by atoms with Crippen molar-refractivity contribution in [2.45, 2.75) is 43.1 Å². The van der Waals surface area contributed by atoms with Crippen LogP contribution >= 0.6 is 15.9 Å². The van der Waals surface area contributed by atoms with Gasteiger partial charge in [0, 0.05) is 13.1 Å². The van der Waals surface area contributed by atoms with Gasteiger partial charge in [-0.05, 0) is 55.3 Å².